The fourth-order valence-electron chi connectivity index (χ4n) is 4.32. The van der Waals surface area contributed by atoms with Gasteiger partial charge in [-0.3, -0.25) is 4.79 Å². The molecule has 0 spiro atoms. The summed E-state index contributed by atoms with van der Waals surface area (Å²) in [6.45, 7) is 5.48. The zero-order valence-corrected chi connectivity index (χ0v) is 20.9. The largest absolute Gasteiger partial charge is 0.337 e. The predicted octanol–water partition coefficient (Wildman–Crippen LogP) is 5.82. The summed E-state index contributed by atoms with van der Waals surface area (Å²) in [5.41, 5.74) is 1.90. The third-order valence-electron chi connectivity index (χ3n) is 6.35. The number of carbonyl (C=O) groups excluding carboxylic acids is 2. The summed E-state index contributed by atoms with van der Waals surface area (Å²) in [4.78, 5) is 33.8. The molecule has 3 aromatic rings. The van der Waals surface area contributed by atoms with Crippen LogP contribution in [0.15, 0.2) is 60.0 Å². The Morgan fingerprint density at radius 3 is 2.49 bits per heavy atom. The van der Waals surface area contributed by atoms with Crippen LogP contribution in [0, 0.1) is 11.7 Å². The molecule has 184 valence electrons. The Morgan fingerprint density at radius 1 is 1.11 bits per heavy atom. The van der Waals surface area contributed by atoms with E-state index in [2.05, 4.69) is 34.6 Å². The molecule has 1 saturated heterocycles. The molecule has 2 heterocycles. The lowest BCUT2D eigenvalue weighted by molar-refractivity contribution is 0.0685. The molecule has 1 aliphatic rings. The first kappa shape index (κ1) is 24.9. The maximum absolute atomic E-state index is 14.0. The number of hydrogen-bond acceptors (Lipinski definition) is 4. The Kier molecular flexibility index (Phi) is 8.13. The number of hydrogen-bond donors (Lipinski definition) is 1. The summed E-state index contributed by atoms with van der Waals surface area (Å²) >= 11 is 1.36. The van der Waals surface area contributed by atoms with Gasteiger partial charge in [0, 0.05) is 24.5 Å². The number of rotatable bonds is 7. The number of aromatic nitrogens is 1. The molecule has 0 radical (unpaired) electrons. The first-order chi connectivity index (χ1) is 16.9. The van der Waals surface area contributed by atoms with Crippen LogP contribution >= 0.6 is 11.3 Å². The van der Waals surface area contributed by atoms with E-state index >= 15 is 0 Å². The van der Waals surface area contributed by atoms with Crippen molar-refractivity contribution in [1.29, 1.82) is 0 Å². The zero-order valence-electron chi connectivity index (χ0n) is 20.1. The van der Waals surface area contributed by atoms with Gasteiger partial charge in [-0.15, -0.1) is 11.3 Å². The lowest BCUT2D eigenvalue weighted by Crippen LogP contribution is -2.40. The van der Waals surface area contributed by atoms with Gasteiger partial charge in [0.1, 0.15) is 16.5 Å². The number of benzene rings is 2. The number of likely N-dealkylation sites (tertiary alicyclic amines) is 1. The summed E-state index contributed by atoms with van der Waals surface area (Å²) in [7, 11) is 0. The van der Waals surface area contributed by atoms with Crippen LogP contribution in [0.4, 0.5) is 14.9 Å². The smallest absolute Gasteiger partial charge is 0.322 e. The highest BCUT2D eigenvalue weighted by molar-refractivity contribution is 7.09. The second-order valence-electron chi connectivity index (χ2n) is 9.18. The van der Waals surface area contributed by atoms with E-state index in [0.717, 1.165) is 32.4 Å². The second-order valence-corrected chi connectivity index (χ2v) is 10.1. The van der Waals surface area contributed by atoms with Crippen molar-refractivity contribution < 1.29 is 14.0 Å². The normalized spacial score (nSPS) is 14.2. The number of anilines is 1. The van der Waals surface area contributed by atoms with Gasteiger partial charge in [-0.25, -0.2) is 14.2 Å². The minimum absolute atomic E-state index is 0.0578. The maximum Gasteiger partial charge on any atom is 0.322 e. The Bertz CT molecular complexity index is 1140. The zero-order chi connectivity index (χ0) is 24.8. The van der Waals surface area contributed by atoms with E-state index < -0.39 is 11.8 Å². The Hall–Kier alpha value is -3.26. The monoisotopic (exact) mass is 494 g/mol. The second kappa shape index (κ2) is 11.4. The van der Waals surface area contributed by atoms with E-state index in [9.17, 15) is 14.0 Å². The van der Waals surface area contributed by atoms with Gasteiger partial charge in [-0.2, -0.15) is 0 Å². The van der Waals surface area contributed by atoms with Crippen LogP contribution in [-0.2, 0) is 13.0 Å². The van der Waals surface area contributed by atoms with Gasteiger partial charge in [-0.1, -0.05) is 42.5 Å². The first-order valence-electron chi connectivity index (χ1n) is 12.0. The Labute approximate surface area is 209 Å². The van der Waals surface area contributed by atoms with E-state index in [1.54, 1.807) is 22.4 Å². The van der Waals surface area contributed by atoms with Crippen molar-refractivity contribution in [3.8, 4) is 0 Å². The van der Waals surface area contributed by atoms with E-state index in [0.29, 0.717) is 16.6 Å². The minimum atomic E-state index is -0.487. The molecule has 3 amide bonds. The highest BCUT2D eigenvalue weighted by Crippen LogP contribution is 2.24. The molecule has 1 N–H and O–H groups in total. The van der Waals surface area contributed by atoms with Crippen LogP contribution < -0.4 is 5.32 Å². The minimum Gasteiger partial charge on any atom is -0.337 e. The van der Waals surface area contributed by atoms with Gasteiger partial charge in [0.25, 0.3) is 5.91 Å². The van der Waals surface area contributed by atoms with Gasteiger partial charge in [0.05, 0.1) is 12.2 Å². The van der Waals surface area contributed by atoms with E-state index in [1.165, 1.54) is 29.0 Å². The molecule has 0 atom stereocenters. The SMILES string of the molecule is CC(C)N(Cc1nc(C(=O)N2CCC(Cc3ccccc3)CC2)cs1)C(=O)Nc1ccccc1F. The third kappa shape index (κ3) is 6.45. The lowest BCUT2D eigenvalue weighted by atomic mass is 9.90. The molecule has 0 saturated carbocycles. The van der Waals surface area contributed by atoms with Crippen molar-refractivity contribution in [2.75, 3.05) is 18.4 Å². The molecule has 1 aliphatic heterocycles. The van der Waals surface area contributed by atoms with E-state index in [1.807, 2.05) is 24.8 Å². The molecule has 6 nitrogen and oxygen atoms in total. The quantitative estimate of drug-likeness (QED) is 0.450. The number of para-hydroxylation sites is 1. The molecular formula is C27H31FN4O2S. The average Bonchev–Trinajstić information content (AvgIpc) is 3.33. The predicted molar refractivity (Wildman–Crippen MR) is 137 cm³/mol. The van der Waals surface area contributed by atoms with Crippen molar-refractivity contribution in [1.82, 2.24) is 14.8 Å². The van der Waals surface area contributed by atoms with Crippen molar-refractivity contribution in [2.45, 2.75) is 45.7 Å². The maximum atomic E-state index is 14.0. The molecule has 0 unspecified atom stereocenters. The highest BCUT2D eigenvalue weighted by Gasteiger charge is 2.26. The number of nitrogens with one attached hydrogen (secondary N) is 1. The van der Waals surface area contributed by atoms with Crippen LogP contribution in [-0.4, -0.2) is 45.9 Å². The average molecular weight is 495 g/mol. The fourth-order valence-corrected chi connectivity index (χ4v) is 5.08. The molecule has 1 fully saturated rings. The summed E-state index contributed by atoms with van der Waals surface area (Å²) in [6, 6.07) is 16.0. The van der Waals surface area contributed by atoms with Gasteiger partial charge in [0.2, 0.25) is 0 Å². The van der Waals surface area contributed by atoms with Gasteiger partial charge < -0.3 is 15.1 Å². The number of nitrogens with zero attached hydrogens (tertiary/aromatic N) is 3. The summed E-state index contributed by atoms with van der Waals surface area (Å²) < 4.78 is 14.0. The number of halogens is 1. The van der Waals surface area contributed by atoms with Crippen LogP contribution in [0.25, 0.3) is 0 Å². The number of urea groups is 1. The lowest BCUT2D eigenvalue weighted by Gasteiger charge is -2.31. The standard InChI is InChI=1S/C27H31FN4O2S/c1-19(2)32(27(34)30-23-11-7-6-10-22(23)28)17-25-29-24(18-35-25)26(33)31-14-12-21(13-15-31)16-20-8-4-3-5-9-20/h3-11,18-19,21H,12-17H2,1-2H3,(H,30,34). The molecule has 35 heavy (non-hydrogen) atoms. The molecule has 0 bridgehead atoms. The molecular weight excluding hydrogens is 463 g/mol. The van der Waals surface area contributed by atoms with Gasteiger partial charge in [0.15, 0.2) is 0 Å². The van der Waals surface area contributed by atoms with Crippen molar-refractivity contribution >= 4 is 29.0 Å². The molecule has 8 heteroatoms. The van der Waals surface area contributed by atoms with Crippen LogP contribution in [0.3, 0.4) is 0 Å². The van der Waals surface area contributed by atoms with Crippen LogP contribution in [0.1, 0.15) is 47.7 Å². The van der Waals surface area contributed by atoms with Crippen LogP contribution in [0.2, 0.25) is 0 Å². The number of piperidine rings is 1. The summed E-state index contributed by atoms with van der Waals surface area (Å²) in [6.07, 6.45) is 3.01. The number of thiazole rings is 1. The first-order valence-corrected chi connectivity index (χ1v) is 12.9. The van der Waals surface area contributed by atoms with Gasteiger partial charge >= 0.3 is 6.03 Å². The molecule has 2 aromatic carbocycles. The number of amides is 3. The van der Waals surface area contributed by atoms with Crippen molar-refractivity contribution in [3.05, 3.63) is 82.1 Å². The van der Waals surface area contributed by atoms with Crippen molar-refractivity contribution in [2.24, 2.45) is 5.92 Å². The van der Waals surface area contributed by atoms with Crippen LogP contribution in [0.5, 0.6) is 0 Å². The molecule has 1 aromatic heterocycles. The van der Waals surface area contributed by atoms with E-state index in [4.69, 9.17) is 0 Å². The van der Waals surface area contributed by atoms with Crippen molar-refractivity contribution in [3.63, 3.8) is 0 Å². The Morgan fingerprint density at radius 2 is 1.80 bits per heavy atom. The highest BCUT2D eigenvalue weighted by atomic mass is 32.1. The number of carbonyl (C=O) groups is 2. The Balaban J connectivity index is 1.33. The third-order valence-corrected chi connectivity index (χ3v) is 7.18. The fraction of sp³-hybridized carbons (Fsp3) is 0.370. The topological polar surface area (TPSA) is 65.5 Å². The molecule has 4 rings (SSSR count). The van der Waals surface area contributed by atoms with E-state index in [-0.39, 0.29) is 24.2 Å². The van der Waals surface area contributed by atoms with Gasteiger partial charge in [-0.05, 0) is 56.7 Å². The molecule has 0 aliphatic carbocycles. The summed E-state index contributed by atoms with van der Waals surface area (Å²) in [5, 5.41) is 5.06. The summed E-state index contributed by atoms with van der Waals surface area (Å²) in [5.74, 6) is 0.0387.